The smallest absolute Gasteiger partial charge is 0.355 e. The van der Waals surface area contributed by atoms with E-state index in [2.05, 4.69) is 20.8 Å². The summed E-state index contributed by atoms with van der Waals surface area (Å²) in [6.07, 6.45) is 0. The summed E-state index contributed by atoms with van der Waals surface area (Å²) in [6, 6.07) is 15.1. The van der Waals surface area contributed by atoms with Crippen molar-refractivity contribution in [3.05, 3.63) is 77.0 Å². The van der Waals surface area contributed by atoms with E-state index >= 15 is 0 Å². The second-order valence-electron chi connectivity index (χ2n) is 6.19. The molecule has 1 N–H and O–H groups in total. The number of hydrogen-bond acceptors (Lipinski definition) is 8. The Labute approximate surface area is 165 Å². The van der Waals surface area contributed by atoms with Crippen LogP contribution in [0.3, 0.4) is 0 Å². The lowest BCUT2D eigenvalue weighted by Crippen LogP contribution is -2.33. The van der Waals surface area contributed by atoms with Crippen molar-refractivity contribution in [2.75, 3.05) is 19.5 Å². The average Bonchev–Trinajstić information content (AvgIpc) is 3.25. The molecule has 0 saturated heterocycles. The molecule has 1 atom stereocenters. The first-order chi connectivity index (χ1) is 14.2. The van der Waals surface area contributed by atoms with Gasteiger partial charge in [-0.15, -0.1) is 0 Å². The fourth-order valence-corrected chi connectivity index (χ4v) is 3.31. The summed E-state index contributed by atoms with van der Waals surface area (Å²) in [6.45, 7) is 0. The zero-order chi connectivity index (χ0) is 20.4. The molecular formula is C20H17N5O4. The molecule has 0 fully saturated rings. The summed E-state index contributed by atoms with van der Waals surface area (Å²) < 4.78 is 11.9. The molecule has 1 aliphatic heterocycles. The first-order valence-corrected chi connectivity index (χ1v) is 8.75. The third-order valence-electron chi connectivity index (χ3n) is 4.62. The minimum absolute atomic E-state index is 0.0143. The summed E-state index contributed by atoms with van der Waals surface area (Å²) >= 11 is 0. The summed E-state index contributed by atoms with van der Waals surface area (Å²) in [5, 5.41) is 14.5. The fraction of sp³-hybridized carbons (Fsp3) is 0.150. The molecule has 1 aliphatic rings. The van der Waals surface area contributed by atoms with Gasteiger partial charge in [-0.1, -0.05) is 53.6 Å². The van der Waals surface area contributed by atoms with Crippen LogP contribution in [0, 0.1) is 0 Å². The molecule has 3 aromatic rings. The van der Waals surface area contributed by atoms with E-state index in [1.165, 1.54) is 18.9 Å². The average molecular weight is 391 g/mol. The van der Waals surface area contributed by atoms with Crippen molar-refractivity contribution in [1.29, 1.82) is 0 Å². The predicted molar refractivity (Wildman–Crippen MR) is 102 cm³/mol. The number of benzene rings is 2. The van der Waals surface area contributed by atoms with Crippen molar-refractivity contribution < 1.29 is 19.1 Å². The Morgan fingerprint density at radius 1 is 1.03 bits per heavy atom. The highest BCUT2D eigenvalue weighted by Crippen LogP contribution is 2.39. The van der Waals surface area contributed by atoms with E-state index in [9.17, 15) is 9.59 Å². The maximum atomic E-state index is 13.5. The zero-order valence-corrected chi connectivity index (χ0v) is 15.7. The minimum atomic E-state index is -0.792. The number of anilines is 1. The summed E-state index contributed by atoms with van der Waals surface area (Å²) in [4.78, 5) is 26.1. The van der Waals surface area contributed by atoms with Crippen LogP contribution in [0.4, 0.5) is 5.95 Å². The van der Waals surface area contributed by atoms with Gasteiger partial charge in [-0.3, -0.25) is 4.79 Å². The number of ketones is 1. The predicted octanol–water partition coefficient (Wildman–Crippen LogP) is 2.01. The minimum Gasteiger partial charge on any atom is -0.496 e. The van der Waals surface area contributed by atoms with Crippen LogP contribution < -0.4 is 10.1 Å². The third-order valence-corrected chi connectivity index (χ3v) is 4.62. The van der Waals surface area contributed by atoms with Crippen LogP contribution in [-0.4, -0.2) is 46.2 Å². The normalized spacial score (nSPS) is 15.3. The lowest BCUT2D eigenvalue weighted by Gasteiger charge is -2.28. The molecule has 0 amide bonds. The molecule has 1 unspecified atom stereocenters. The Kier molecular flexibility index (Phi) is 4.78. The van der Waals surface area contributed by atoms with Gasteiger partial charge in [-0.05, 0) is 16.5 Å². The second kappa shape index (κ2) is 7.55. The van der Waals surface area contributed by atoms with Gasteiger partial charge in [0.25, 0.3) is 0 Å². The largest absolute Gasteiger partial charge is 0.496 e. The Bertz CT molecular complexity index is 1110. The van der Waals surface area contributed by atoms with Crippen LogP contribution in [0.1, 0.15) is 22.0 Å². The topological polar surface area (TPSA) is 108 Å². The number of methoxy groups -OCH3 is 2. The van der Waals surface area contributed by atoms with Crippen molar-refractivity contribution >= 4 is 17.7 Å². The number of carbonyl (C=O) groups excluding carboxylic acids is 2. The number of hydrogen-bond donors (Lipinski definition) is 1. The molecule has 0 aliphatic carbocycles. The number of carbonyl (C=O) groups is 2. The summed E-state index contributed by atoms with van der Waals surface area (Å²) in [5.74, 6) is -0.302. The van der Waals surface area contributed by atoms with Crippen molar-refractivity contribution in [1.82, 2.24) is 20.2 Å². The van der Waals surface area contributed by atoms with E-state index in [0.29, 0.717) is 16.9 Å². The number of ether oxygens (including phenoxy) is 2. The fourth-order valence-electron chi connectivity index (χ4n) is 3.31. The number of aromatic nitrogens is 4. The maximum Gasteiger partial charge on any atom is 0.355 e. The SMILES string of the molecule is COC(=O)C1=C(C(=O)c2ccccc2)C(c2ccccc2OC)n2nnnc2N1. The first kappa shape index (κ1) is 18.4. The molecule has 9 heteroatoms. The van der Waals surface area contributed by atoms with Crippen LogP contribution in [-0.2, 0) is 9.53 Å². The van der Waals surface area contributed by atoms with E-state index in [-0.39, 0.29) is 23.0 Å². The van der Waals surface area contributed by atoms with Crippen LogP contribution in [0.2, 0.25) is 0 Å². The molecule has 0 spiro atoms. The standard InChI is InChI=1S/C20H17N5O4/c1-28-14-11-7-6-10-13(14)17-15(18(26)12-8-4-3-5-9-12)16(19(27)29-2)21-20-22-23-24-25(17)20/h3-11,17H,1-2H3,(H,21,22,24). The van der Waals surface area contributed by atoms with Gasteiger partial charge in [0.2, 0.25) is 5.95 Å². The quantitative estimate of drug-likeness (QED) is 0.520. The Balaban J connectivity index is 1.99. The number of tetrazole rings is 1. The van der Waals surface area contributed by atoms with Crippen molar-refractivity contribution in [3.63, 3.8) is 0 Å². The number of nitrogens with zero attached hydrogens (tertiary/aromatic N) is 4. The van der Waals surface area contributed by atoms with E-state index in [4.69, 9.17) is 9.47 Å². The lowest BCUT2D eigenvalue weighted by atomic mass is 9.89. The van der Waals surface area contributed by atoms with Crippen LogP contribution in [0.15, 0.2) is 65.9 Å². The molecule has 4 rings (SSSR count). The highest BCUT2D eigenvalue weighted by molar-refractivity contribution is 6.14. The monoisotopic (exact) mass is 391 g/mol. The number of nitrogens with one attached hydrogen (secondary N) is 1. The van der Waals surface area contributed by atoms with E-state index in [1.807, 2.05) is 18.2 Å². The molecule has 2 aromatic carbocycles. The van der Waals surface area contributed by atoms with Crippen molar-refractivity contribution in [2.45, 2.75) is 6.04 Å². The third kappa shape index (κ3) is 3.12. The van der Waals surface area contributed by atoms with E-state index in [0.717, 1.165) is 0 Å². The molecule has 0 saturated carbocycles. The van der Waals surface area contributed by atoms with Crippen molar-refractivity contribution in [2.24, 2.45) is 0 Å². The Morgan fingerprint density at radius 3 is 2.48 bits per heavy atom. The molecule has 0 bridgehead atoms. The Morgan fingerprint density at radius 2 is 1.76 bits per heavy atom. The van der Waals surface area contributed by atoms with Crippen molar-refractivity contribution in [3.8, 4) is 5.75 Å². The van der Waals surface area contributed by atoms with Gasteiger partial charge in [0.15, 0.2) is 5.78 Å². The molecule has 0 radical (unpaired) electrons. The molecule has 9 nitrogen and oxygen atoms in total. The number of esters is 1. The highest BCUT2D eigenvalue weighted by atomic mass is 16.5. The Hall–Kier alpha value is -4.01. The van der Waals surface area contributed by atoms with E-state index < -0.39 is 12.0 Å². The number of rotatable bonds is 5. The van der Waals surface area contributed by atoms with Gasteiger partial charge < -0.3 is 14.8 Å². The first-order valence-electron chi connectivity index (χ1n) is 8.75. The van der Waals surface area contributed by atoms with Gasteiger partial charge in [0.05, 0.1) is 19.8 Å². The lowest BCUT2D eigenvalue weighted by molar-refractivity contribution is -0.136. The highest BCUT2D eigenvalue weighted by Gasteiger charge is 2.39. The molecule has 2 heterocycles. The number of Topliss-reactive ketones (excluding diaryl/α,β-unsaturated/α-hetero) is 1. The molecule has 1 aromatic heterocycles. The second-order valence-corrected chi connectivity index (χ2v) is 6.19. The van der Waals surface area contributed by atoms with Gasteiger partial charge in [0.1, 0.15) is 17.5 Å². The van der Waals surface area contributed by atoms with Crippen LogP contribution in [0.5, 0.6) is 5.75 Å². The van der Waals surface area contributed by atoms with Crippen LogP contribution in [0.25, 0.3) is 0 Å². The molecule has 29 heavy (non-hydrogen) atoms. The van der Waals surface area contributed by atoms with Gasteiger partial charge in [-0.2, -0.15) is 4.68 Å². The molecular weight excluding hydrogens is 374 g/mol. The number of para-hydroxylation sites is 1. The summed E-state index contributed by atoms with van der Waals surface area (Å²) in [7, 11) is 2.78. The van der Waals surface area contributed by atoms with Gasteiger partial charge in [0, 0.05) is 11.1 Å². The summed E-state index contributed by atoms with van der Waals surface area (Å²) in [5.41, 5.74) is 1.19. The van der Waals surface area contributed by atoms with Gasteiger partial charge in [-0.25, -0.2) is 4.79 Å². The van der Waals surface area contributed by atoms with Gasteiger partial charge >= 0.3 is 5.97 Å². The number of allylic oxidation sites excluding steroid dienone is 1. The van der Waals surface area contributed by atoms with E-state index in [1.54, 1.807) is 36.4 Å². The number of fused-ring (bicyclic) bond motifs is 1. The molecule has 146 valence electrons. The maximum absolute atomic E-state index is 13.5. The van der Waals surface area contributed by atoms with Crippen LogP contribution >= 0.6 is 0 Å². The zero-order valence-electron chi connectivity index (χ0n) is 15.7.